The van der Waals surface area contributed by atoms with Crippen LogP contribution in [-0.2, 0) is 0 Å². The Morgan fingerprint density at radius 1 is 1.17 bits per heavy atom. The predicted molar refractivity (Wildman–Crippen MR) is 83.4 cm³/mol. The number of rotatable bonds is 3. The summed E-state index contributed by atoms with van der Waals surface area (Å²) in [6.07, 6.45) is 0. The van der Waals surface area contributed by atoms with Gasteiger partial charge in [-0.3, -0.25) is 4.90 Å². The number of piperazine rings is 1. The van der Waals surface area contributed by atoms with E-state index in [4.69, 9.17) is 0 Å². The Bertz CT molecular complexity index is 366. The zero-order valence-corrected chi connectivity index (χ0v) is 13.9. The molecule has 0 saturated carbocycles. The number of nitrogens with one attached hydrogen (secondary N) is 1. The fourth-order valence-corrected chi connectivity index (χ4v) is 3.52. The van der Waals surface area contributed by atoms with Gasteiger partial charge in [-0.2, -0.15) is 0 Å². The van der Waals surface area contributed by atoms with Crippen LogP contribution in [0.3, 0.4) is 0 Å². The first-order chi connectivity index (χ1) is 8.20. The van der Waals surface area contributed by atoms with E-state index >= 15 is 0 Å². The van der Waals surface area contributed by atoms with Crippen molar-refractivity contribution in [3.8, 4) is 0 Å². The third kappa shape index (κ3) is 4.18. The van der Waals surface area contributed by atoms with Gasteiger partial charge in [0, 0.05) is 35.1 Å². The van der Waals surface area contributed by atoms with E-state index in [1.165, 1.54) is 0 Å². The largest absolute Gasteiger partial charge is 0.394 e. The van der Waals surface area contributed by atoms with E-state index in [0.717, 1.165) is 40.7 Å². The molecular weight excluding hydrogens is 383 g/mol. The maximum absolute atomic E-state index is 9.62. The van der Waals surface area contributed by atoms with Crippen molar-refractivity contribution in [2.75, 3.05) is 32.8 Å². The molecule has 18 heavy (non-hydrogen) atoms. The molecule has 0 aromatic heterocycles. The van der Waals surface area contributed by atoms with Crippen LogP contribution in [0.4, 0.5) is 0 Å². The third-order valence-electron chi connectivity index (χ3n) is 3.03. The minimum Gasteiger partial charge on any atom is -0.394 e. The van der Waals surface area contributed by atoms with Crippen LogP contribution in [0.2, 0.25) is 0 Å². The van der Waals surface area contributed by atoms with E-state index in [9.17, 15) is 5.11 Å². The van der Waals surface area contributed by atoms with Crippen molar-refractivity contribution in [3.63, 3.8) is 0 Å². The quantitative estimate of drug-likeness (QED) is 0.819. The highest BCUT2D eigenvalue weighted by atomic mass is 79.9. The molecule has 0 spiro atoms. The third-order valence-corrected chi connectivity index (χ3v) is 3.95. The fourth-order valence-electron chi connectivity index (χ4n) is 2.19. The van der Waals surface area contributed by atoms with E-state index < -0.39 is 0 Å². The zero-order chi connectivity index (χ0) is 12.3. The number of hydrogen-bond donors (Lipinski definition) is 2. The van der Waals surface area contributed by atoms with Gasteiger partial charge in [-0.05, 0) is 23.8 Å². The molecular formula is C12H17Br2ClN2O. The molecule has 0 bridgehead atoms. The summed E-state index contributed by atoms with van der Waals surface area (Å²) < 4.78 is 2.07. The van der Waals surface area contributed by atoms with Crippen molar-refractivity contribution < 1.29 is 5.11 Å². The van der Waals surface area contributed by atoms with Crippen molar-refractivity contribution in [2.24, 2.45) is 0 Å². The molecule has 2 N–H and O–H groups in total. The molecule has 1 atom stereocenters. The predicted octanol–water partition coefficient (Wildman–Crippen LogP) is 2.57. The van der Waals surface area contributed by atoms with Gasteiger partial charge in [0.25, 0.3) is 0 Å². The highest BCUT2D eigenvalue weighted by molar-refractivity contribution is 9.11. The molecule has 1 saturated heterocycles. The van der Waals surface area contributed by atoms with E-state index in [1.54, 1.807) is 0 Å². The van der Waals surface area contributed by atoms with Crippen LogP contribution in [-0.4, -0.2) is 42.8 Å². The molecule has 1 aliphatic heterocycles. The minimum atomic E-state index is 0. The highest BCUT2D eigenvalue weighted by Crippen LogP contribution is 2.27. The first kappa shape index (κ1) is 16.4. The maximum atomic E-state index is 9.62. The lowest BCUT2D eigenvalue weighted by atomic mass is 10.1. The van der Waals surface area contributed by atoms with Crippen LogP contribution in [0.5, 0.6) is 0 Å². The summed E-state index contributed by atoms with van der Waals surface area (Å²) in [4.78, 5) is 2.32. The highest BCUT2D eigenvalue weighted by Gasteiger charge is 2.21. The normalized spacial score (nSPS) is 18.2. The summed E-state index contributed by atoms with van der Waals surface area (Å²) in [5, 5.41) is 12.9. The van der Waals surface area contributed by atoms with Crippen molar-refractivity contribution in [3.05, 3.63) is 32.7 Å². The molecule has 6 heteroatoms. The van der Waals surface area contributed by atoms with Gasteiger partial charge in [0.05, 0.1) is 12.6 Å². The Balaban J connectivity index is 0.00000162. The number of hydrogen-bond acceptors (Lipinski definition) is 3. The standard InChI is InChI=1S/C12H16Br2N2O.ClH/c13-10-5-9(6-11(14)7-10)12(8-17)16-3-1-15-2-4-16;/h5-7,12,15,17H,1-4,8H2;1H/t12-;/m0./s1. The lowest BCUT2D eigenvalue weighted by Crippen LogP contribution is -2.46. The molecule has 1 aliphatic rings. The number of nitrogens with zero attached hydrogens (tertiary/aromatic N) is 1. The lowest BCUT2D eigenvalue weighted by molar-refractivity contribution is 0.111. The van der Waals surface area contributed by atoms with Crippen LogP contribution >= 0.6 is 44.3 Å². The summed E-state index contributed by atoms with van der Waals surface area (Å²) >= 11 is 6.98. The summed E-state index contributed by atoms with van der Waals surface area (Å²) in [6.45, 7) is 4.10. The molecule has 2 rings (SSSR count). The molecule has 0 radical (unpaired) electrons. The van der Waals surface area contributed by atoms with Crippen molar-refractivity contribution in [1.29, 1.82) is 0 Å². The second-order valence-electron chi connectivity index (χ2n) is 4.19. The zero-order valence-electron chi connectivity index (χ0n) is 9.90. The second kappa shape index (κ2) is 7.82. The Morgan fingerprint density at radius 3 is 2.22 bits per heavy atom. The van der Waals surface area contributed by atoms with E-state index in [1.807, 2.05) is 6.07 Å². The smallest absolute Gasteiger partial charge is 0.0628 e. The molecule has 0 amide bonds. The monoisotopic (exact) mass is 398 g/mol. The van der Waals surface area contributed by atoms with Gasteiger partial charge in [-0.1, -0.05) is 31.9 Å². The Morgan fingerprint density at radius 2 is 1.72 bits per heavy atom. The SMILES string of the molecule is Cl.OC[C@@H](c1cc(Br)cc(Br)c1)N1CCNCC1. The van der Waals surface area contributed by atoms with Gasteiger partial charge >= 0.3 is 0 Å². The van der Waals surface area contributed by atoms with Gasteiger partial charge in [0.2, 0.25) is 0 Å². The molecule has 1 aromatic carbocycles. The van der Waals surface area contributed by atoms with E-state index in [-0.39, 0.29) is 25.1 Å². The van der Waals surface area contributed by atoms with Crippen molar-refractivity contribution >= 4 is 44.3 Å². The van der Waals surface area contributed by atoms with E-state index in [0.29, 0.717) is 0 Å². The van der Waals surface area contributed by atoms with Crippen LogP contribution in [0.25, 0.3) is 0 Å². The molecule has 3 nitrogen and oxygen atoms in total. The molecule has 1 fully saturated rings. The van der Waals surface area contributed by atoms with Crippen LogP contribution in [0, 0.1) is 0 Å². The first-order valence-electron chi connectivity index (χ1n) is 5.72. The molecule has 1 heterocycles. The van der Waals surface area contributed by atoms with E-state index in [2.05, 4.69) is 54.2 Å². The van der Waals surface area contributed by atoms with Gasteiger partial charge in [0.1, 0.15) is 0 Å². The van der Waals surface area contributed by atoms with Crippen LogP contribution in [0.15, 0.2) is 27.1 Å². The summed E-state index contributed by atoms with van der Waals surface area (Å²) in [5.41, 5.74) is 1.15. The van der Waals surface area contributed by atoms with Crippen LogP contribution in [0.1, 0.15) is 11.6 Å². The van der Waals surface area contributed by atoms with Gasteiger partial charge in [0.15, 0.2) is 0 Å². The molecule has 1 aromatic rings. The van der Waals surface area contributed by atoms with Gasteiger partial charge < -0.3 is 10.4 Å². The Kier molecular flexibility index (Phi) is 7.13. The average molecular weight is 401 g/mol. The van der Waals surface area contributed by atoms with Crippen LogP contribution < -0.4 is 5.32 Å². The summed E-state index contributed by atoms with van der Waals surface area (Å²) in [5.74, 6) is 0. The van der Waals surface area contributed by atoms with Crippen molar-refractivity contribution in [1.82, 2.24) is 10.2 Å². The number of benzene rings is 1. The number of halogens is 3. The van der Waals surface area contributed by atoms with Gasteiger partial charge in [-0.25, -0.2) is 0 Å². The minimum absolute atomic E-state index is 0. The van der Waals surface area contributed by atoms with Crippen molar-refractivity contribution in [2.45, 2.75) is 6.04 Å². The topological polar surface area (TPSA) is 35.5 Å². The second-order valence-corrected chi connectivity index (χ2v) is 6.02. The molecule has 0 unspecified atom stereocenters. The summed E-state index contributed by atoms with van der Waals surface area (Å²) in [6, 6.07) is 6.25. The Hall–Kier alpha value is 0.350. The number of aliphatic hydroxyl groups excluding tert-OH is 1. The average Bonchev–Trinajstić information content (AvgIpc) is 2.30. The fraction of sp³-hybridized carbons (Fsp3) is 0.500. The first-order valence-corrected chi connectivity index (χ1v) is 7.31. The maximum Gasteiger partial charge on any atom is 0.0628 e. The summed E-state index contributed by atoms with van der Waals surface area (Å²) in [7, 11) is 0. The molecule has 0 aliphatic carbocycles. The Labute approximate surface area is 131 Å². The number of aliphatic hydroxyl groups is 1. The van der Waals surface area contributed by atoms with Gasteiger partial charge in [-0.15, -0.1) is 12.4 Å². The molecule has 102 valence electrons. The lowest BCUT2D eigenvalue weighted by Gasteiger charge is -2.34.